The number of aliphatic carboxylic acids is 3. The first-order valence-electron chi connectivity index (χ1n) is 12.9. The molecule has 3 amide bonds. The van der Waals surface area contributed by atoms with Crippen molar-refractivity contribution in [1.82, 2.24) is 20.6 Å². The predicted molar refractivity (Wildman–Crippen MR) is 150 cm³/mol. The zero-order valence-corrected chi connectivity index (χ0v) is 22.5. The number of nitrogens with one attached hydrogen (secondary N) is 5. The molecule has 18 heteroatoms. The van der Waals surface area contributed by atoms with Gasteiger partial charge in [0.05, 0.1) is 6.04 Å². The minimum absolute atomic E-state index is 0.0471. The molecule has 3 atom stereocenters. The number of aromatic amines is 1. The molecule has 3 rings (SSSR count). The number of hydrogen-bond donors (Lipinski definition) is 9. The number of benzene rings is 1. The maximum absolute atomic E-state index is 12.7. The number of carbonyl (C=O) groups is 6. The molecule has 0 saturated carbocycles. The van der Waals surface area contributed by atoms with E-state index in [1.165, 1.54) is 29.2 Å². The molecule has 1 aromatic carbocycles. The first-order valence-corrected chi connectivity index (χ1v) is 12.9. The quantitative estimate of drug-likeness (QED) is 0.106. The van der Waals surface area contributed by atoms with Crippen LogP contribution in [0.25, 0.3) is 0 Å². The summed E-state index contributed by atoms with van der Waals surface area (Å²) in [6.07, 6.45) is -1.11. The van der Waals surface area contributed by atoms with Crippen molar-refractivity contribution in [2.75, 3.05) is 34.4 Å². The summed E-state index contributed by atoms with van der Waals surface area (Å²) < 4.78 is 0. The number of hydrogen-bond acceptors (Lipinski definition) is 11. The predicted octanol–water partition coefficient (Wildman–Crippen LogP) is -1.38. The summed E-state index contributed by atoms with van der Waals surface area (Å²) in [5.41, 5.74) is 5.71. The standard InChI is InChI=1S/C25H30N8O10/c26-25-31-20-19(22(39)32-25)28-13(9-27-20)10-33(11-34)14-3-1-12(2-4-14)21(38)30-16(24(42)43)5-7-17(35)29-15(23(40)41)6-8-18(36)37/h1-4,11,13,15-16,28H,5-10H2,(H,29,35)(H,30,38)(H,36,37)(H,40,41)(H,42,43)(H4,26,27,31,32,39)/t13-,15+,16+/m1/s1. The summed E-state index contributed by atoms with van der Waals surface area (Å²) in [6, 6.07) is 2.32. The minimum atomic E-state index is -1.49. The number of amides is 3. The first-order chi connectivity index (χ1) is 20.4. The topological polar surface area (TPSA) is 286 Å². The normalized spacial score (nSPS) is 14.9. The van der Waals surface area contributed by atoms with Crippen LogP contribution in [-0.2, 0) is 24.0 Å². The van der Waals surface area contributed by atoms with E-state index in [4.69, 9.17) is 15.9 Å². The van der Waals surface area contributed by atoms with E-state index < -0.39 is 60.2 Å². The van der Waals surface area contributed by atoms with Gasteiger partial charge in [0.1, 0.15) is 17.8 Å². The Kier molecular flexibility index (Phi) is 10.6. The first kappa shape index (κ1) is 31.8. The van der Waals surface area contributed by atoms with Crippen LogP contribution in [0.4, 0.5) is 23.1 Å². The van der Waals surface area contributed by atoms with Gasteiger partial charge in [-0.3, -0.25) is 29.0 Å². The zero-order chi connectivity index (χ0) is 31.7. The molecule has 0 fully saturated rings. The molecule has 1 aliphatic rings. The molecule has 0 radical (unpaired) electrons. The highest BCUT2D eigenvalue weighted by molar-refractivity contribution is 5.97. The van der Waals surface area contributed by atoms with Gasteiger partial charge < -0.3 is 47.2 Å². The van der Waals surface area contributed by atoms with Crippen molar-refractivity contribution >= 4 is 59.3 Å². The van der Waals surface area contributed by atoms with Crippen molar-refractivity contribution < 1.29 is 44.1 Å². The number of carbonyl (C=O) groups excluding carboxylic acids is 3. The maximum Gasteiger partial charge on any atom is 0.326 e. The SMILES string of the molecule is Nc1nc2c(c(=O)[nH]1)N[C@@H](CN(C=O)c1ccc(C(=O)N[C@@H](CCC(=O)N[C@@H](CCC(=O)O)C(=O)O)C(=O)O)cc1)CN2. The lowest BCUT2D eigenvalue weighted by atomic mass is 10.1. The van der Waals surface area contributed by atoms with E-state index in [-0.39, 0.29) is 48.4 Å². The van der Waals surface area contributed by atoms with Gasteiger partial charge in [-0.15, -0.1) is 0 Å². The van der Waals surface area contributed by atoms with Crippen molar-refractivity contribution in [3.8, 4) is 0 Å². The van der Waals surface area contributed by atoms with Crippen molar-refractivity contribution in [3.05, 3.63) is 40.2 Å². The van der Waals surface area contributed by atoms with Gasteiger partial charge in [-0.25, -0.2) is 9.59 Å². The number of nitrogens with zero attached hydrogens (tertiary/aromatic N) is 2. The van der Waals surface area contributed by atoms with Gasteiger partial charge >= 0.3 is 17.9 Å². The van der Waals surface area contributed by atoms with Gasteiger partial charge in [-0.05, 0) is 37.1 Å². The highest BCUT2D eigenvalue weighted by Gasteiger charge is 2.26. The fourth-order valence-corrected chi connectivity index (χ4v) is 4.15. The third-order valence-corrected chi connectivity index (χ3v) is 6.35. The molecule has 43 heavy (non-hydrogen) atoms. The summed E-state index contributed by atoms with van der Waals surface area (Å²) >= 11 is 0. The van der Waals surface area contributed by atoms with Gasteiger partial charge in [0, 0.05) is 37.2 Å². The van der Waals surface area contributed by atoms with Crippen LogP contribution in [0, 0.1) is 0 Å². The van der Waals surface area contributed by atoms with Gasteiger partial charge in [-0.1, -0.05) is 0 Å². The summed E-state index contributed by atoms with van der Waals surface area (Å²) in [4.78, 5) is 90.2. The van der Waals surface area contributed by atoms with Gasteiger partial charge in [0.25, 0.3) is 11.5 Å². The Balaban J connectivity index is 1.57. The maximum atomic E-state index is 12.7. The smallest absolute Gasteiger partial charge is 0.326 e. The Morgan fingerprint density at radius 1 is 1.02 bits per heavy atom. The van der Waals surface area contributed by atoms with E-state index >= 15 is 0 Å². The molecular formula is C25H30N8O10. The Labute approximate surface area is 242 Å². The van der Waals surface area contributed by atoms with E-state index in [9.17, 15) is 38.7 Å². The van der Waals surface area contributed by atoms with Crippen molar-refractivity contribution in [1.29, 1.82) is 0 Å². The number of carboxylic acids is 3. The van der Waals surface area contributed by atoms with Crippen LogP contribution in [-0.4, -0.2) is 92.6 Å². The molecule has 230 valence electrons. The second-order valence-corrected chi connectivity index (χ2v) is 9.50. The molecule has 1 aliphatic heterocycles. The van der Waals surface area contributed by atoms with Crippen LogP contribution < -0.4 is 37.5 Å². The number of nitrogens with two attached hydrogens (primary N) is 1. The number of H-pyrrole nitrogens is 1. The molecule has 0 spiro atoms. The number of carboxylic acid groups (broad SMARTS) is 3. The van der Waals surface area contributed by atoms with Gasteiger partial charge in [-0.2, -0.15) is 4.98 Å². The molecule has 0 aliphatic carbocycles. The van der Waals surface area contributed by atoms with Crippen LogP contribution >= 0.6 is 0 Å². The number of nitrogen functional groups attached to an aromatic ring is 1. The van der Waals surface area contributed by atoms with Crippen LogP contribution in [0.2, 0.25) is 0 Å². The highest BCUT2D eigenvalue weighted by atomic mass is 16.4. The number of anilines is 4. The van der Waals surface area contributed by atoms with E-state index in [2.05, 4.69) is 31.2 Å². The molecule has 2 aromatic rings. The second kappa shape index (κ2) is 14.3. The van der Waals surface area contributed by atoms with E-state index in [1.54, 1.807) is 0 Å². The van der Waals surface area contributed by atoms with Crippen LogP contribution in [0.5, 0.6) is 0 Å². The van der Waals surface area contributed by atoms with Gasteiger partial charge in [0.15, 0.2) is 5.82 Å². The van der Waals surface area contributed by atoms with Crippen LogP contribution in [0.15, 0.2) is 29.1 Å². The molecule has 0 bridgehead atoms. The Hall–Kier alpha value is -5.68. The molecule has 1 aromatic heterocycles. The number of fused-ring (bicyclic) bond motifs is 1. The lowest BCUT2D eigenvalue weighted by Crippen LogP contribution is -2.45. The van der Waals surface area contributed by atoms with Crippen LogP contribution in [0.1, 0.15) is 36.0 Å². The largest absolute Gasteiger partial charge is 0.481 e. The lowest BCUT2D eigenvalue weighted by molar-refractivity contribution is -0.143. The average molecular weight is 603 g/mol. The summed E-state index contributed by atoms with van der Waals surface area (Å²) in [7, 11) is 0. The Morgan fingerprint density at radius 2 is 1.65 bits per heavy atom. The van der Waals surface area contributed by atoms with Crippen molar-refractivity contribution in [2.45, 2.75) is 43.8 Å². The third kappa shape index (κ3) is 8.90. The second-order valence-electron chi connectivity index (χ2n) is 9.50. The Morgan fingerprint density at radius 3 is 2.26 bits per heavy atom. The third-order valence-electron chi connectivity index (χ3n) is 6.35. The summed E-state index contributed by atoms with van der Waals surface area (Å²) in [5.74, 6) is -5.48. The minimum Gasteiger partial charge on any atom is -0.481 e. The molecule has 18 nitrogen and oxygen atoms in total. The zero-order valence-electron chi connectivity index (χ0n) is 22.5. The Bertz CT molecular complexity index is 1440. The fraction of sp³-hybridized carbons (Fsp3) is 0.360. The number of rotatable bonds is 15. The number of aromatic nitrogens is 2. The summed E-state index contributed by atoms with van der Waals surface area (Å²) in [6.45, 7) is 0.453. The molecule has 2 heterocycles. The fourth-order valence-electron chi connectivity index (χ4n) is 4.15. The molecular weight excluding hydrogens is 572 g/mol. The van der Waals surface area contributed by atoms with Crippen molar-refractivity contribution in [3.63, 3.8) is 0 Å². The van der Waals surface area contributed by atoms with E-state index in [0.29, 0.717) is 18.6 Å². The van der Waals surface area contributed by atoms with Gasteiger partial charge in [0.2, 0.25) is 18.3 Å². The molecule has 0 unspecified atom stereocenters. The lowest BCUT2D eigenvalue weighted by Gasteiger charge is -2.30. The highest BCUT2D eigenvalue weighted by Crippen LogP contribution is 2.22. The molecule has 0 saturated heterocycles. The van der Waals surface area contributed by atoms with E-state index in [0.717, 1.165) is 0 Å². The average Bonchev–Trinajstić information content (AvgIpc) is 2.95. The monoisotopic (exact) mass is 602 g/mol. The summed E-state index contributed by atoms with van der Waals surface area (Å²) in [5, 5.41) is 37.8. The van der Waals surface area contributed by atoms with Crippen molar-refractivity contribution in [2.24, 2.45) is 0 Å². The van der Waals surface area contributed by atoms with Crippen LogP contribution in [0.3, 0.4) is 0 Å². The van der Waals surface area contributed by atoms with E-state index in [1.807, 2.05) is 0 Å². The molecule has 10 N–H and O–H groups in total.